The molecule has 1 aromatic carbocycles. The third kappa shape index (κ3) is 5.01. The predicted octanol–water partition coefficient (Wildman–Crippen LogP) is 2.50. The number of likely N-dealkylation sites (N-methyl/N-ethyl adjacent to an activating group) is 1. The standard InChI is InChI=1S/C26H35N7O3/c1-31(26(35)18-7-6-8-19(15-18)36-14-13-32-11-4-5-12-32)20-9-2-3-10-21(23(20)34)33-17-30-22-24(27)28-16-29-25(22)33/h6-8,15-17,20-21,23,34H,2-5,9-14H2,1H3,(H2,27,28,29)/t20-,21+,23+/m0/s1. The van der Waals surface area contributed by atoms with Crippen LogP contribution < -0.4 is 10.5 Å². The average molecular weight is 494 g/mol. The largest absolute Gasteiger partial charge is 0.492 e. The van der Waals surface area contributed by atoms with Crippen molar-refractivity contribution in [2.24, 2.45) is 0 Å². The summed E-state index contributed by atoms with van der Waals surface area (Å²) in [4.78, 5) is 30.3. The number of likely N-dealkylation sites (tertiary alicyclic amines) is 1. The van der Waals surface area contributed by atoms with Gasteiger partial charge < -0.3 is 25.0 Å². The summed E-state index contributed by atoms with van der Waals surface area (Å²) in [7, 11) is 1.77. The molecule has 1 aliphatic carbocycles. The molecule has 3 N–H and O–H groups in total. The number of rotatable bonds is 7. The lowest BCUT2D eigenvalue weighted by Crippen LogP contribution is -2.47. The SMILES string of the molecule is CN(C(=O)c1cccc(OCCN2CCCC2)c1)[C@H]1CCCC[C@@H](n2cnc3c(N)ncnc32)[C@@H]1O. The van der Waals surface area contributed by atoms with E-state index in [1.807, 2.05) is 16.7 Å². The number of ether oxygens (including phenoxy) is 1. The van der Waals surface area contributed by atoms with Crippen molar-refractivity contribution in [3.8, 4) is 5.75 Å². The molecule has 0 unspecified atom stereocenters. The Kier molecular flexibility index (Phi) is 7.33. The first-order valence-electron chi connectivity index (χ1n) is 12.9. The van der Waals surface area contributed by atoms with Gasteiger partial charge in [-0.1, -0.05) is 18.9 Å². The molecule has 2 aromatic heterocycles. The number of hydrogen-bond acceptors (Lipinski definition) is 8. The lowest BCUT2D eigenvalue weighted by atomic mass is 9.99. The molecule has 1 amide bonds. The predicted molar refractivity (Wildman–Crippen MR) is 137 cm³/mol. The van der Waals surface area contributed by atoms with Crippen molar-refractivity contribution in [1.29, 1.82) is 0 Å². The molecular weight excluding hydrogens is 458 g/mol. The van der Waals surface area contributed by atoms with E-state index in [0.29, 0.717) is 34.9 Å². The van der Waals surface area contributed by atoms with E-state index in [1.165, 1.54) is 19.2 Å². The summed E-state index contributed by atoms with van der Waals surface area (Å²) in [6, 6.07) is 6.71. The molecule has 1 aliphatic heterocycles. The first-order chi connectivity index (χ1) is 17.5. The molecule has 1 saturated carbocycles. The molecule has 5 rings (SSSR count). The molecule has 0 bridgehead atoms. The van der Waals surface area contributed by atoms with Crippen molar-refractivity contribution in [1.82, 2.24) is 29.3 Å². The maximum atomic E-state index is 13.5. The number of carbonyl (C=O) groups excluding carboxylic acids is 1. The van der Waals surface area contributed by atoms with E-state index in [0.717, 1.165) is 45.3 Å². The summed E-state index contributed by atoms with van der Waals surface area (Å²) in [5.41, 5.74) is 7.64. The van der Waals surface area contributed by atoms with Crippen molar-refractivity contribution >= 4 is 22.9 Å². The fraction of sp³-hybridized carbons (Fsp3) is 0.538. The zero-order valence-electron chi connectivity index (χ0n) is 20.8. The van der Waals surface area contributed by atoms with Gasteiger partial charge in [-0.3, -0.25) is 9.69 Å². The first kappa shape index (κ1) is 24.5. The van der Waals surface area contributed by atoms with Gasteiger partial charge in [0.05, 0.1) is 24.5 Å². The van der Waals surface area contributed by atoms with Crippen LogP contribution in [-0.4, -0.2) is 85.8 Å². The molecule has 10 nitrogen and oxygen atoms in total. The van der Waals surface area contributed by atoms with E-state index in [2.05, 4.69) is 19.9 Å². The van der Waals surface area contributed by atoms with E-state index >= 15 is 0 Å². The van der Waals surface area contributed by atoms with Crippen molar-refractivity contribution in [3.63, 3.8) is 0 Å². The van der Waals surface area contributed by atoms with Gasteiger partial charge in [-0.05, 0) is 57.0 Å². The zero-order valence-corrected chi connectivity index (χ0v) is 20.8. The number of amides is 1. The van der Waals surface area contributed by atoms with Crippen LogP contribution in [0, 0.1) is 0 Å². The van der Waals surface area contributed by atoms with Crippen LogP contribution in [0.5, 0.6) is 5.75 Å². The maximum absolute atomic E-state index is 13.5. The van der Waals surface area contributed by atoms with E-state index in [4.69, 9.17) is 10.5 Å². The molecule has 3 heterocycles. The summed E-state index contributed by atoms with van der Waals surface area (Å²) in [6.07, 6.45) is 8.12. The van der Waals surface area contributed by atoms with Gasteiger partial charge in [0.25, 0.3) is 5.91 Å². The van der Waals surface area contributed by atoms with Crippen LogP contribution in [-0.2, 0) is 0 Å². The van der Waals surface area contributed by atoms with Crippen LogP contribution >= 0.6 is 0 Å². The van der Waals surface area contributed by atoms with Crippen LogP contribution in [0.15, 0.2) is 36.9 Å². The lowest BCUT2D eigenvalue weighted by Gasteiger charge is -2.34. The minimum Gasteiger partial charge on any atom is -0.492 e. The van der Waals surface area contributed by atoms with Crippen molar-refractivity contribution < 1.29 is 14.6 Å². The average Bonchev–Trinajstić information content (AvgIpc) is 3.52. The molecule has 0 spiro atoms. The summed E-state index contributed by atoms with van der Waals surface area (Å²) in [6.45, 7) is 3.76. The highest BCUT2D eigenvalue weighted by molar-refractivity contribution is 5.94. The highest BCUT2D eigenvalue weighted by Gasteiger charge is 2.36. The van der Waals surface area contributed by atoms with Gasteiger partial charge in [0.1, 0.15) is 24.2 Å². The summed E-state index contributed by atoms with van der Waals surface area (Å²) in [5, 5.41) is 11.5. The van der Waals surface area contributed by atoms with Gasteiger partial charge >= 0.3 is 0 Å². The first-order valence-corrected chi connectivity index (χ1v) is 12.9. The number of nitrogen functional groups attached to an aromatic ring is 1. The normalized spacial score (nSPS) is 23.0. The molecule has 2 aliphatic rings. The van der Waals surface area contributed by atoms with Crippen molar-refractivity contribution in [2.45, 2.75) is 56.7 Å². The van der Waals surface area contributed by atoms with Crippen LogP contribution in [0.3, 0.4) is 0 Å². The van der Waals surface area contributed by atoms with E-state index in [9.17, 15) is 9.90 Å². The number of fused-ring (bicyclic) bond motifs is 1. The number of imidazole rings is 1. The number of carbonyl (C=O) groups is 1. The van der Waals surface area contributed by atoms with Gasteiger partial charge in [0.15, 0.2) is 11.5 Å². The number of aromatic nitrogens is 4. The van der Waals surface area contributed by atoms with E-state index < -0.39 is 6.10 Å². The van der Waals surface area contributed by atoms with Gasteiger partial charge in [0.2, 0.25) is 0 Å². The number of hydrogen-bond donors (Lipinski definition) is 2. The maximum Gasteiger partial charge on any atom is 0.254 e. The minimum absolute atomic E-state index is 0.133. The van der Waals surface area contributed by atoms with E-state index in [-0.39, 0.29) is 18.0 Å². The second-order valence-corrected chi connectivity index (χ2v) is 9.83. The highest BCUT2D eigenvalue weighted by Crippen LogP contribution is 2.33. The Balaban J connectivity index is 1.29. The van der Waals surface area contributed by atoms with Gasteiger partial charge in [0, 0.05) is 19.2 Å². The molecule has 0 radical (unpaired) electrons. The molecule has 2 fully saturated rings. The Hall–Kier alpha value is -3.24. The summed E-state index contributed by atoms with van der Waals surface area (Å²) in [5.74, 6) is 0.870. The molecule has 3 atom stereocenters. The Morgan fingerprint density at radius 1 is 1.17 bits per heavy atom. The minimum atomic E-state index is -0.782. The Morgan fingerprint density at radius 2 is 1.97 bits per heavy atom. The van der Waals surface area contributed by atoms with Crippen LogP contribution in [0.4, 0.5) is 5.82 Å². The molecular formula is C26H35N7O3. The van der Waals surface area contributed by atoms with Gasteiger partial charge in [-0.2, -0.15) is 0 Å². The monoisotopic (exact) mass is 493 g/mol. The number of aliphatic hydroxyl groups is 1. The molecule has 36 heavy (non-hydrogen) atoms. The number of benzene rings is 1. The second-order valence-electron chi connectivity index (χ2n) is 9.83. The Bertz CT molecular complexity index is 1190. The Labute approximate surface area is 211 Å². The van der Waals surface area contributed by atoms with Crippen molar-refractivity contribution in [2.75, 3.05) is 39.0 Å². The summed E-state index contributed by atoms with van der Waals surface area (Å²) < 4.78 is 7.83. The highest BCUT2D eigenvalue weighted by atomic mass is 16.5. The smallest absolute Gasteiger partial charge is 0.254 e. The molecule has 3 aromatic rings. The fourth-order valence-electron chi connectivity index (χ4n) is 5.52. The molecule has 192 valence electrons. The second kappa shape index (κ2) is 10.8. The topological polar surface area (TPSA) is 123 Å². The Morgan fingerprint density at radius 3 is 2.81 bits per heavy atom. The van der Waals surface area contributed by atoms with Crippen LogP contribution in [0.25, 0.3) is 11.2 Å². The zero-order chi connectivity index (χ0) is 25.1. The number of anilines is 1. The van der Waals surface area contributed by atoms with Crippen LogP contribution in [0.1, 0.15) is 54.9 Å². The molecule has 10 heteroatoms. The third-order valence-electron chi connectivity index (χ3n) is 7.56. The van der Waals surface area contributed by atoms with Gasteiger partial charge in [-0.25, -0.2) is 15.0 Å². The number of nitrogens with zero attached hydrogens (tertiary/aromatic N) is 6. The number of aliphatic hydroxyl groups excluding tert-OH is 1. The third-order valence-corrected chi connectivity index (χ3v) is 7.56. The lowest BCUT2D eigenvalue weighted by molar-refractivity contribution is 0.0235. The number of nitrogens with two attached hydrogens (primary N) is 1. The van der Waals surface area contributed by atoms with E-state index in [1.54, 1.807) is 30.4 Å². The fourth-order valence-corrected chi connectivity index (χ4v) is 5.52. The van der Waals surface area contributed by atoms with Crippen LogP contribution in [0.2, 0.25) is 0 Å². The van der Waals surface area contributed by atoms with Crippen molar-refractivity contribution in [3.05, 3.63) is 42.5 Å². The molecule has 1 saturated heterocycles. The quantitative estimate of drug-likeness (QED) is 0.482. The van der Waals surface area contributed by atoms with Gasteiger partial charge in [-0.15, -0.1) is 0 Å². The summed E-state index contributed by atoms with van der Waals surface area (Å²) >= 11 is 0.